The third kappa shape index (κ3) is 7.33. The Morgan fingerprint density at radius 1 is 0.156 bits per heavy atom. The Morgan fingerprint density at radius 3 is 0.521 bits per heavy atom. The minimum Gasteiger partial charge on any atom is -0.359 e. The quantitative estimate of drug-likeness (QED) is 0.0653. The van der Waals surface area contributed by atoms with Crippen molar-refractivity contribution in [3.63, 3.8) is 0 Å². The van der Waals surface area contributed by atoms with E-state index in [1.54, 1.807) is 0 Å². The number of benzene rings is 4. The lowest BCUT2D eigenvalue weighted by Crippen LogP contribution is -1.90. The number of H-pyrrole nitrogens is 10. The lowest BCUT2D eigenvalue weighted by molar-refractivity contribution is 1.34. The largest absolute Gasteiger partial charge is 0.359 e. The van der Waals surface area contributed by atoms with Crippen LogP contribution in [0.2, 0.25) is 0 Å². The summed E-state index contributed by atoms with van der Waals surface area (Å²) in [4.78, 5) is 77.5. The van der Waals surface area contributed by atoms with Crippen LogP contribution in [-0.2, 0) is 0 Å². The minimum atomic E-state index is 0.812. The van der Waals surface area contributed by atoms with E-state index in [1.807, 2.05) is 74.1 Å². The first-order valence-corrected chi connectivity index (χ1v) is 31.7. The number of nitrogens with zero attached hydrogens (tertiary/aromatic N) is 8. The van der Waals surface area contributed by atoms with Crippen molar-refractivity contribution in [1.29, 1.82) is 0 Å². The highest BCUT2D eigenvalue weighted by Gasteiger charge is 2.23. The summed E-state index contributed by atoms with van der Waals surface area (Å²) in [6.45, 7) is 0. The lowest BCUT2D eigenvalue weighted by Gasteiger charge is -2.07. The fourth-order valence-electron chi connectivity index (χ4n) is 14.8. The summed E-state index contributed by atoms with van der Waals surface area (Å²) in [5.41, 5.74) is 30.8. The Balaban J connectivity index is 0.575. The third-order valence-electron chi connectivity index (χ3n) is 19.6. The Bertz CT molecular complexity index is 6640. The van der Waals surface area contributed by atoms with E-state index in [9.17, 15) is 0 Å². The molecule has 0 bridgehead atoms. The van der Waals surface area contributed by atoms with Crippen molar-refractivity contribution >= 4 is 142 Å². The molecule has 0 saturated carbocycles. The predicted molar refractivity (Wildman–Crippen MR) is 383 cm³/mol. The van der Waals surface area contributed by atoms with Crippen molar-refractivity contribution in [1.82, 2.24) is 89.7 Å². The molecule has 22 rings (SSSR count). The van der Waals surface area contributed by atoms with Gasteiger partial charge in [-0.25, -0.2) is 39.9 Å². The van der Waals surface area contributed by atoms with E-state index in [4.69, 9.17) is 39.9 Å². The van der Waals surface area contributed by atoms with Crippen LogP contribution in [0.15, 0.2) is 220 Å². The third-order valence-corrected chi connectivity index (χ3v) is 19.6. The first kappa shape index (κ1) is 50.9. The van der Waals surface area contributed by atoms with Gasteiger partial charge in [0.1, 0.15) is 0 Å². The highest BCUT2D eigenvalue weighted by molar-refractivity contribution is 6.12. The molecule has 0 spiro atoms. The molecule has 0 amide bonds. The molecule has 0 atom stereocenters. The number of hydrogen-bond acceptors (Lipinski definition) is 8. The number of hydrogen-bond donors (Lipinski definition) is 10. The zero-order valence-electron chi connectivity index (χ0n) is 50.4. The van der Waals surface area contributed by atoms with Crippen LogP contribution in [-0.4, -0.2) is 89.7 Å². The van der Waals surface area contributed by atoms with Crippen molar-refractivity contribution < 1.29 is 0 Å². The van der Waals surface area contributed by atoms with Crippen LogP contribution in [0.5, 0.6) is 0 Å². The van der Waals surface area contributed by atoms with Crippen molar-refractivity contribution in [3.8, 4) is 90.1 Å². The van der Waals surface area contributed by atoms with E-state index in [-0.39, 0.29) is 0 Å². The maximum atomic E-state index is 5.39. The monoisotopic (exact) mass is 1230 g/mol. The van der Waals surface area contributed by atoms with Crippen LogP contribution in [0.1, 0.15) is 0 Å². The molecule has 18 aromatic heterocycles. The molecule has 10 N–H and O–H groups in total. The van der Waals surface area contributed by atoms with E-state index in [0.29, 0.717) is 0 Å². The zero-order chi connectivity index (χ0) is 62.4. The van der Waals surface area contributed by atoms with Gasteiger partial charge in [0.2, 0.25) is 0 Å². The maximum Gasteiger partial charge on any atom is 0.0972 e. The summed E-state index contributed by atoms with van der Waals surface area (Å²) in [6.07, 6.45) is 20.0. The summed E-state index contributed by atoms with van der Waals surface area (Å²) in [5, 5.41) is 8.07. The predicted octanol–water partition coefficient (Wildman–Crippen LogP) is 18.5. The van der Waals surface area contributed by atoms with Crippen molar-refractivity contribution in [2.75, 3.05) is 0 Å². The molecule has 0 saturated heterocycles. The van der Waals surface area contributed by atoms with Gasteiger partial charge < -0.3 is 49.8 Å². The smallest absolute Gasteiger partial charge is 0.0972 e. The van der Waals surface area contributed by atoms with Gasteiger partial charge in [-0.05, 0) is 60.7 Å². The number of pyridine rings is 8. The molecule has 0 aliphatic heterocycles. The van der Waals surface area contributed by atoms with Gasteiger partial charge >= 0.3 is 0 Å². The number of nitrogens with one attached hydrogen (secondary N) is 10. The Hall–Kier alpha value is -13.7. The molecular weight excluding hydrogens is 1190 g/mol. The number of rotatable bonds is 8. The highest BCUT2D eigenvalue weighted by Crippen LogP contribution is 2.42. The average Bonchev–Trinajstić information content (AvgIpc) is 1.50. The summed E-state index contributed by atoms with van der Waals surface area (Å²) in [5.74, 6) is 0. The number of aromatic nitrogens is 18. The van der Waals surface area contributed by atoms with Gasteiger partial charge in [0.05, 0.1) is 145 Å². The second-order valence-electron chi connectivity index (χ2n) is 24.8. The molecule has 18 heteroatoms. The number of fused-ring (bicyclic) bond motifs is 17. The molecular formula is C78H46N18. The summed E-state index contributed by atoms with van der Waals surface area (Å²) in [7, 11) is 0. The molecule has 448 valence electrons. The Labute approximate surface area is 539 Å². The summed E-state index contributed by atoms with van der Waals surface area (Å²) < 4.78 is 0. The van der Waals surface area contributed by atoms with E-state index < -0.39 is 0 Å². The molecule has 0 aliphatic carbocycles. The summed E-state index contributed by atoms with van der Waals surface area (Å²) in [6, 6.07) is 54.6. The van der Waals surface area contributed by atoms with Crippen LogP contribution >= 0.6 is 0 Å². The Morgan fingerprint density at radius 2 is 0.323 bits per heavy atom. The van der Waals surface area contributed by atoms with Crippen molar-refractivity contribution in [3.05, 3.63) is 220 Å². The SMILES string of the molecule is c1cc2[nH]cc(-c3ccc4ccc5ccc(-c6c[nH]c7c(-c8ccc9ccc%10ccc(-c%11c[nH]c%12c(-c%13ccc%14ccc%15ccc(-c%16c[nH]c%17c(-c%18ccc%19ccc%20ccc(-c%21c[nH]c%22cc[nH]c%21%22)nc%20c%19n%18)c[nH]c%16%17)nc%15c%14n%13)c[nH]c%11%12)nc%10c9n8)c[nH]c67)nc5c4n3)c2[nH]1. The van der Waals surface area contributed by atoms with Gasteiger partial charge in [-0.15, -0.1) is 0 Å². The van der Waals surface area contributed by atoms with E-state index in [0.717, 1.165) is 232 Å². The van der Waals surface area contributed by atoms with Gasteiger partial charge in [-0.1, -0.05) is 97.1 Å². The van der Waals surface area contributed by atoms with Crippen molar-refractivity contribution in [2.45, 2.75) is 0 Å². The van der Waals surface area contributed by atoms with E-state index >= 15 is 0 Å². The fourth-order valence-corrected chi connectivity index (χ4v) is 14.8. The molecule has 18 heterocycles. The Kier molecular flexibility index (Phi) is 10.0. The first-order chi connectivity index (χ1) is 47.5. The van der Waals surface area contributed by atoms with Crippen LogP contribution < -0.4 is 0 Å². The first-order valence-electron chi connectivity index (χ1n) is 31.7. The zero-order valence-corrected chi connectivity index (χ0v) is 50.4. The topological polar surface area (TPSA) is 261 Å². The highest BCUT2D eigenvalue weighted by atomic mass is 14.9. The molecule has 0 aliphatic rings. The molecule has 22 aromatic rings. The molecule has 96 heavy (non-hydrogen) atoms. The summed E-state index contributed by atoms with van der Waals surface area (Å²) >= 11 is 0. The second-order valence-corrected chi connectivity index (χ2v) is 24.8. The minimum absolute atomic E-state index is 0.812. The van der Waals surface area contributed by atoms with E-state index in [1.165, 1.54) is 0 Å². The molecule has 0 fully saturated rings. The van der Waals surface area contributed by atoms with Gasteiger partial charge in [0.15, 0.2) is 0 Å². The number of aromatic amines is 10. The van der Waals surface area contributed by atoms with Gasteiger partial charge in [0, 0.05) is 150 Å². The molecule has 18 nitrogen and oxygen atoms in total. The average molecular weight is 1240 g/mol. The molecule has 4 aromatic carbocycles. The van der Waals surface area contributed by atoms with Crippen LogP contribution in [0, 0.1) is 0 Å². The van der Waals surface area contributed by atoms with Crippen molar-refractivity contribution in [2.24, 2.45) is 0 Å². The van der Waals surface area contributed by atoms with Crippen LogP contribution in [0.4, 0.5) is 0 Å². The lowest BCUT2D eigenvalue weighted by atomic mass is 10.1. The van der Waals surface area contributed by atoms with Gasteiger partial charge in [-0.3, -0.25) is 0 Å². The van der Waals surface area contributed by atoms with Gasteiger partial charge in [-0.2, -0.15) is 0 Å². The molecule has 0 unspecified atom stereocenters. The maximum absolute atomic E-state index is 5.39. The van der Waals surface area contributed by atoms with Crippen LogP contribution in [0.3, 0.4) is 0 Å². The normalized spacial score (nSPS) is 12.4. The molecule has 0 radical (unpaired) electrons. The van der Waals surface area contributed by atoms with Gasteiger partial charge in [0.25, 0.3) is 0 Å². The fraction of sp³-hybridized carbons (Fsp3) is 0. The standard InChI is InChI=1S/C78H46N18/c1-3-39-11-19-55(91-65(39)63-37(1)9-17-53(89-63)45-29-81-61-25-27-79-71(45)61)47-31-83-75-49(33-85-73(47)75)57-21-13-41-5-7-43-15-23-59(95-69(43)67(41)93-57)51-35-87-78-52(36-88-77(51)78)60-24-16-44-8-6-42-14-22-58(94-68(42)70(44)96-60)50-34-86-74-48(32-84-76(50)74)56-20-12-40-4-2-38-10-18-54(90-64(38)66(40)92-56)46-30-82-62-26-28-80-72(46)62/h1-36,79-88H. The van der Waals surface area contributed by atoms with E-state index in [2.05, 4.69) is 195 Å². The van der Waals surface area contributed by atoms with Crippen LogP contribution in [0.25, 0.3) is 232 Å². The second kappa shape index (κ2) is 18.9.